The summed E-state index contributed by atoms with van der Waals surface area (Å²) in [5.41, 5.74) is 0. The van der Waals surface area contributed by atoms with Gasteiger partial charge >= 0.3 is 0 Å². The first kappa shape index (κ1) is 15.8. The topological polar surface area (TPSA) is 72.4 Å². The van der Waals surface area contributed by atoms with E-state index in [0.717, 1.165) is 41.7 Å². The van der Waals surface area contributed by atoms with Gasteiger partial charge < -0.3 is 13.7 Å². The number of amides is 1. The lowest BCUT2D eigenvalue weighted by atomic mass is 9.97. The zero-order valence-electron chi connectivity index (χ0n) is 13.5. The van der Waals surface area contributed by atoms with Crippen LogP contribution in [0.25, 0.3) is 16.8 Å². The lowest BCUT2D eigenvalue weighted by molar-refractivity contribution is -0.126. The first-order valence-corrected chi connectivity index (χ1v) is 8.99. The summed E-state index contributed by atoms with van der Waals surface area (Å²) in [6.07, 6.45) is 8.29. The number of hydrogen-bond donors (Lipinski definition) is 0. The van der Waals surface area contributed by atoms with Crippen molar-refractivity contribution in [2.45, 2.75) is 18.8 Å². The molecule has 0 saturated carbocycles. The van der Waals surface area contributed by atoms with Gasteiger partial charge in [-0.2, -0.15) is 0 Å². The number of carbonyl (C=O) groups excluding carboxylic acids is 1. The van der Waals surface area contributed by atoms with Crippen LogP contribution in [0, 0.1) is 0 Å². The zero-order chi connectivity index (χ0) is 17.1. The van der Waals surface area contributed by atoms with Gasteiger partial charge in [0, 0.05) is 25.1 Å². The van der Waals surface area contributed by atoms with E-state index >= 15 is 0 Å². The van der Waals surface area contributed by atoms with Gasteiger partial charge in [-0.15, -0.1) is 10.2 Å². The molecule has 1 saturated heterocycles. The van der Waals surface area contributed by atoms with Crippen molar-refractivity contribution in [3.63, 3.8) is 0 Å². The second kappa shape index (κ2) is 7.06. The van der Waals surface area contributed by atoms with E-state index in [4.69, 9.17) is 8.83 Å². The fourth-order valence-electron chi connectivity index (χ4n) is 2.89. The van der Waals surface area contributed by atoms with Gasteiger partial charge in [0.25, 0.3) is 0 Å². The van der Waals surface area contributed by atoms with Crippen molar-refractivity contribution >= 4 is 23.3 Å². The van der Waals surface area contributed by atoms with Gasteiger partial charge in [0.15, 0.2) is 10.8 Å². The molecule has 0 aliphatic carbocycles. The number of rotatable bonds is 4. The minimum atomic E-state index is 0.0170. The molecule has 0 radical (unpaired) electrons. The molecule has 6 nitrogen and oxygen atoms in total. The number of likely N-dealkylation sites (tertiary alicyclic amines) is 1. The first-order valence-electron chi connectivity index (χ1n) is 8.17. The van der Waals surface area contributed by atoms with Crippen molar-refractivity contribution in [2.75, 3.05) is 13.1 Å². The Morgan fingerprint density at radius 3 is 2.68 bits per heavy atom. The van der Waals surface area contributed by atoms with Crippen LogP contribution in [0.3, 0.4) is 0 Å². The molecular weight excluding hydrogens is 338 g/mol. The average Bonchev–Trinajstić information content (AvgIpc) is 3.42. The van der Waals surface area contributed by atoms with Gasteiger partial charge in [0.05, 0.1) is 12.5 Å². The maximum Gasteiger partial charge on any atom is 0.246 e. The SMILES string of the molecule is O=C(/C=C/c1ccco1)N1CCC(c2nnc(-c3ccco3)s2)CC1. The molecule has 0 unspecified atom stereocenters. The van der Waals surface area contributed by atoms with Gasteiger partial charge in [-0.1, -0.05) is 11.3 Å². The smallest absolute Gasteiger partial charge is 0.246 e. The molecule has 1 amide bonds. The molecule has 7 heteroatoms. The first-order chi connectivity index (χ1) is 12.3. The van der Waals surface area contributed by atoms with Crippen LogP contribution in [0.15, 0.2) is 51.7 Å². The maximum absolute atomic E-state index is 12.3. The van der Waals surface area contributed by atoms with Gasteiger partial charge in [0.2, 0.25) is 5.91 Å². The molecule has 3 aromatic heterocycles. The summed E-state index contributed by atoms with van der Waals surface area (Å²) in [6, 6.07) is 7.35. The highest BCUT2D eigenvalue weighted by Gasteiger charge is 2.25. The van der Waals surface area contributed by atoms with Crippen LogP contribution >= 0.6 is 11.3 Å². The van der Waals surface area contributed by atoms with E-state index in [2.05, 4.69) is 10.2 Å². The molecule has 0 atom stereocenters. The quantitative estimate of drug-likeness (QED) is 0.666. The Hall–Kier alpha value is -2.67. The second-order valence-corrected chi connectivity index (χ2v) is 6.88. The third-order valence-corrected chi connectivity index (χ3v) is 5.36. The highest BCUT2D eigenvalue weighted by atomic mass is 32.1. The molecule has 4 heterocycles. The van der Waals surface area contributed by atoms with Crippen LogP contribution in [0.2, 0.25) is 0 Å². The number of hydrogen-bond acceptors (Lipinski definition) is 6. The summed E-state index contributed by atoms with van der Waals surface area (Å²) < 4.78 is 10.6. The molecule has 128 valence electrons. The summed E-state index contributed by atoms with van der Waals surface area (Å²) in [7, 11) is 0. The van der Waals surface area contributed by atoms with Gasteiger partial charge in [0.1, 0.15) is 10.8 Å². The van der Waals surface area contributed by atoms with Crippen LogP contribution in [0.1, 0.15) is 29.5 Å². The van der Waals surface area contributed by atoms with E-state index in [-0.39, 0.29) is 5.91 Å². The highest BCUT2D eigenvalue weighted by molar-refractivity contribution is 7.14. The molecule has 4 rings (SSSR count). The number of piperidine rings is 1. The Bertz CT molecular complexity index is 844. The maximum atomic E-state index is 12.3. The molecule has 1 aliphatic rings. The molecule has 3 aromatic rings. The van der Waals surface area contributed by atoms with Crippen LogP contribution in [0.4, 0.5) is 0 Å². The molecular formula is C18H17N3O3S. The van der Waals surface area contributed by atoms with E-state index in [1.54, 1.807) is 42.1 Å². The molecule has 0 bridgehead atoms. The van der Waals surface area contributed by atoms with Gasteiger partial charge in [-0.25, -0.2) is 0 Å². The van der Waals surface area contributed by atoms with Crippen LogP contribution < -0.4 is 0 Å². The molecule has 25 heavy (non-hydrogen) atoms. The van der Waals surface area contributed by atoms with E-state index in [1.165, 1.54) is 0 Å². The largest absolute Gasteiger partial charge is 0.465 e. The van der Waals surface area contributed by atoms with Crippen LogP contribution in [0.5, 0.6) is 0 Å². The van der Waals surface area contributed by atoms with E-state index in [9.17, 15) is 4.79 Å². The van der Waals surface area contributed by atoms with Crippen LogP contribution in [-0.2, 0) is 4.79 Å². The molecule has 0 spiro atoms. The molecule has 1 fully saturated rings. The molecule has 0 aromatic carbocycles. The lowest BCUT2D eigenvalue weighted by Crippen LogP contribution is -2.36. The van der Waals surface area contributed by atoms with Crippen molar-refractivity contribution in [3.8, 4) is 10.8 Å². The van der Waals surface area contributed by atoms with E-state index in [1.807, 2.05) is 23.1 Å². The standard InChI is InChI=1S/C18H17N3O3S/c22-16(6-5-14-3-1-11-23-14)21-9-7-13(8-10-21)17-19-20-18(25-17)15-4-2-12-24-15/h1-6,11-13H,7-10H2/b6-5+. The number of nitrogens with zero attached hydrogens (tertiary/aromatic N) is 3. The van der Waals surface area contributed by atoms with E-state index in [0.29, 0.717) is 11.7 Å². The normalized spacial score (nSPS) is 15.9. The van der Waals surface area contributed by atoms with Gasteiger partial charge in [-0.05, 0) is 43.2 Å². The summed E-state index contributed by atoms with van der Waals surface area (Å²) in [4.78, 5) is 14.1. The lowest BCUT2D eigenvalue weighted by Gasteiger charge is -2.30. The third-order valence-electron chi connectivity index (χ3n) is 4.26. The molecule has 0 N–H and O–H groups in total. The summed E-state index contributed by atoms with van der Waals surface area (Å²) in [5.74, 6) is 1.80. The monoisotopic (exact) mass is 355 g/mol. The number of aromatic nitrogens is 2. The molecule has 1 aliphatic heterocycles. The second-order valence-electron chi connectivity index (χ2n) is 5.87. The van der Waals surface area contributed by atoms with E-state index < -0.39 is 0 Å². The Morgan fingerprint density at radius 2 is 1.96 bits per heavy atom. The predicted molar refractivity (Wildman–Crippen MR) is 93.9 cm³/mol. The van der Waals surface area contributed by atoms with Crippen molar-refractivity contribution in [1.29, 1.82) is 0 Å². The van der Waals surface area contributed by atoms with Crippen molar-refractivity contribution in [3.05, 3.63) is 53.6 Å². The predicted octanol–water partition coefficient (Wildman–Crippen LogP) is 3.81. The Kier molecular flexibility index (Phi) is 4.47. The summed E-state index contributed by atoms with van der Waals surface area (Å²) >= 11 is 1.57. The number of carbonyl (C=O) groups is 1. The summed E-state index contributed by atoms with van der Waals surface area (Å²) in [6.45, 7) is 1.45. The Balaban J connectivity index is 1.34. The summed E-state index contributed by atoms with van der Waals surface area (Å²) in [5, 5.41) is 10.4. The Labute approximate surface area is 148 Å². The van der Waals surface area contributed by atoms with Crippen LogP contribution in [-0.4, -0.2) is 34.1 Å². The fraction of sp³-hybridized carbons (Fsp3) is 0.278. The minimum Gasteiger partial charge on any atom is -0.465 e. The minimum absolute atomic E-state index is 0.0170. The average molecular weight is 355 g/mol. The third kappa shape index (κ3) is 3.56. The highest BCUT2D eigenvalue weighted by Crippen LogP contribution is 2.33. The number of furan rings is 2. The van der Waals surface area contributed by atoms with Gasteiger partial charge in [-0.3, -0.25) is 4.79 Å². The van der Waals surface area contributed by atoms with Crippen molar-refractivity contribution in [1.82, 2.24) is 15.1 Å². The van der Waals surface area contributed by atoms with Crippen molar-refractivity contribution in [2.24, 2.45) is 0 Å². The zero-order valence-corrected chi connectivity index (χ0v) is 14.3. The van der Waals surface area contributed by atoms with Crippen molar-refractivity contribution < 1.29 is 13.6 Å². The Morgan fingerprint density at radius 1 is 1.16 bits per heavy atom. The fourth-order valence-corrected chi connectivity index (χ4v) is 3.87.